The average Bonchev–Trinajstić information content (AvgIpc) is 2.23. The van der Waals surface area contributed by atoms with Gasteiger partial charge in [0, 0.05) is 7.11 Å². The monoisotopic (exact) mass is 212 g/mol. The Bertz CT molecular complexity index is 137. The van der Waals surface area contributed by atoms with Gasteiger partial charge in [-0.15, -0.1) is 0 Å². The fraction of sp³-hybridized carbons (Fsp3) is 1.00. The molecule has 7 nitrogen and oxygen atoms in total. The van der Waals surface area contributed by atoms with Crippen LogP contribution in [0.4, 0.5) is 0 Å². The van der Waals surface area contributed by atoms with Gasteiger partial charge in [-0.25, -0.2) is 0 Å². The number of rotatable bonds is 6. The first kappa shape index (κ1) is 13.7. The van der Waals surface area contributed by atoms with E-state index in [1.165, 1.54) is 0 Å². The molecule has 0 aliphatic heterocycles. The maximum Gasteiger partial charge on any atom is 0.183 e. The van der Waals surface area contributed by atoms with Crippen LogP contribution in [0.25, 0.3) is 0 Å². The Morgan fingerprint density at radius 2 is 1.43 bits per heavy atom. The molecule has 0 amide bonds. The molecule has 86 valence electrons. The Kier molecular flexibility index (Phi) is 6.12. The smallest absolute Gasteiger partial charge is 0.183 e. The molecule has 0 saturated carbocycles. The van der Waals surface area contributed by atoms with E-state index in [2.05, 4.69) is 4.74 Å². The second-order valence-electron chi connectivity index (χ2n) is 2.85. The first-order valence-electron chi connectivity index (χ1n) is 3.99. The number of aliphatic hydroxyl groups is 6. The van der Waals surface area contributed by atoms with Crippen LogP contribution in [0.3, 0.4) is 0 Å². The van der Waals surface area contributed by atoms with Gasteiger partial charge in [0.1, 0.15) is 24.4 Å². The van der Waals surface area contributed by atoms with Crippen molar-refractivity contribution in [3.8, 4) is 0 Å². The first-order chi connectivity index (χ1) is 6.45. The van der Waals surface area contributed by atoms with E-state index < -0.39 is 37.3 Å². The third kappa shape index (κ3) is 3.46. The molecule has 0 spiro atoms. The van der Waals surface area contributed by atoms with Crippen molar-refractivity contribution in [3.63, 3.8) is 0 Å². The van der Waals surface area contributed by atoms with E-state index in [0.717, 1.165) is 7.11 Å². The van der Waals surface area contributed by atoms with Crippen molar-refractivity contribution in [1.29, 1.82) is 0 Å². The number of aliphatic hydroxyl groups excluding tert-OH is 6. The number of ether oxygens (including phenoxy) is 1. The largest absolute Gasteiger partial charge is 0.394 e. The summed E-state index contributed by atoms with van der Waals surface area (Å²) in [5, 5.41) is 53.7. The van der Waals surface area contributed by atoms with Crippen molar-refractivity contribution in [2.75, 3.05) is 13.7 Å². The molecule has 5 atom stereocenters. The molecule has 0 bridgehead atoms. The highest BCUT2D eigenvalue weighted by Gasteiger charge is 2.33. The normalized spacial score (nSPS) is 22.5. The summed E-state index contributed by atoms with van der Waals surface area (Å²) in [4.78, 5) is 0. The molecule has 0 fully saturated rings. The third-order valence-electron chi connectivity index (χ3n) is 1.81. The Morgan fingerprint density at radius 1 is 0.929 bits per heavy atom. The zero-order chi connectivity index (χ0) is 11.3. The Morgan fingerprint density at radius 3 is 1.79 bits per heavy atom. The molecule has 7 heteroatoms. The summed E-state index contributed by atoms with van der Waals surface area (Å²) in [5.41, 5.74) is 0. The lowest BCUT2D eigenvalue weighted by atomic mass is 10.0. The lowest BCUT2D eigenvalue weighted by Gasteiger charge is -2.27. The van der Waals surface area contributed by atoms with Crippen molar-refractivity contribution in [1.82, 2.24) is 0 Å². The predicted octanol–water partition coefficient (Wildman–Crippen LogP) is -3.61. The van der Waals surface area contributed by atoms with Gasteiger partial charge in [0.05, 0.1) is 6.61 Å². The molecule has 0 aliphatic rings. The minimum absolute atomic E-state index is 0.770. The van der Waals surface area contributed by atoms with Crippen LogP contribution in [0.15, 0.2) is 0 Å². The fourth-order valence-electron chi connectivity index (χ4n) is 0.846. The van der Waals surface area contributed by atoms with Crippen LogP contribution in [0.5, 0.6) is 0 Å². The minimum atomic E-state index is -1.81. The zero-order valence-electron chi connectivity index (χ0n) is 7.69. The van der Waals surface area contributed by atoms with Gasteiger partial charge in [0.25, 0.3) is 0 Å². The van der Waals surface area contributed by atoms with Crippen LogP contribution in [0, 0.1) is 0 Å². The van der Waals surface area contributed by atoms with Crippen molar-refractivity contribution < 1.29 is 35.4 Å². The van der Waals surface area contributed by atoms with Crippen LogP contribution in [-0.4, -0.2) is 75.1 Å². The van der Waals surface area contributed by atoms with Crippen LogP contribution < -0.4 is 0 Å². The minimum Gasteiger partial charge on any atom is -0.394 e. The van der Waals surface area contributed by atoms with Crippen LogP contribution >= 0.6 is 0 Å². The van der Waals surface area contributed by atoms with E-state index in [0.29, 0.717) is 0 Å². The molecular weight excluding hydrogens is 196 g/mol. The van der Waals surface area contributed by atoms with Gasteiger partial charge >= 0.3 is 0 Å². The van der Waals surface area contributed by atoms with Crippen molar-refractivity contribution >= 4 is 0 Å². The summed E-state index contributed by atoms with van der Waals surface area (Å²) in [6, 6.07) is 0. The van der Waals surface area contributed by atoms with E-state index >= 15 is 0 Å². The fourth-order valence-corrected chi connectivity index (χ4v) is 0.846. The molecule has 14 heavy (non-hydrogen) atoms. The maximum absolute atomic E-state index is 9.18. The van der Waals surface area contributed by atoms with E-state index in [9.17, 15) is 5.11 Å². The molecule has 0 aliphatic carbocycles. The summed E-state index contributed by atoms with van der Waals surface area (Å²) in [6.45, 7) is -0.770. The molecule has 6 N–H and O–H groups in total. The average molecular weight is 212 g/mol. The van der Waals surface area contributed by atoms with Crippen molar-refractivity contribution in [3.05, 3.63) is 0 Å². The quantitative estimate of drug-likeness (QED) is 0.251. The highest BCUT2D eigenvalue weighted by atomic mass is 16.6. The predicted molar refractivity (Wildman–Crippen MR) is 44.1 cm³/mol. The SMILES string of the molecule is COC(O)[C@H](O)[C@@H](O)[C@H](O)[C@H](O)CO. The molecular formula is C7H16O7. The lowest BCUT2D eigenvalue weighted by Crippen LogP contribution is -2.50. The van der Waals surface area contributed by atoms with Gasteiger partial charge in [-0.1, -0.05) is 0 Å². The lowest BCUT2D eigenvalue weighted by molar-refractivity contribution is -0.201. The van der Waals surface area contributed by atoms with Gasteiger partial charge in [0.15, 0.2) is 6.29 Å². The van der Waals surface area contributed by atoms with E-state index in [1.54, 1.807) is 0 Å². The molecule has 0 aromatic rings. The first-order valence-corrected chi connectivity index (χ1v) is 3.99. The van der Waals surface area contributed by atoms with Crippen LogP contribution in [-0.2, 0) is 4.74 Å². The van der Waals surface area contributed by atoms with Gasteiger partial charge < -0.3 is 35.4 Å². The highest BCUT2D eigenvalue weighted by molar-refractivity contribution is 4.81. The van der Waals surface area contributed by atoms with Gasteiger partial charge in [0.2, 0.25) is 0 Å². The molecule has 0 saturated heterocycles. The Balaban J connectivity index is 4.22. The standard InChI is InChI=1S/C7H16O7/c1-14-7(13)6(12)5(11)4(10)3(9)2-8/h3-13H,2H2,1H3/t3-,4-,5+,6-,7?/m1/s1. The zero-order valence-corrected chi connectivity index (χ0v) is 7.69. The number of hydrogen-bond acceptors (Lipinski definition) is 7. The summed E-state index contributed by atoms with van der Waals surface area (Å²) in [6.07, 6.45) is -8.61. The second-order valence-corrected chi connectivity index (χ2v) is 2.85. The second kappa shape index (κ2) is 6.25. The molecule has 0 aromatic heterocycles. The van der Waals surface area contributed by atoms with Gasteiger partial charge in [-0.2, -0.15) is 0 Å². The number of methoxy groups -OCH3 is 1. The molecule has 0 radical (unpaired) electrons. The summed E-state index contributed by atoms with van der Waals surface area (Å²) in [5.74, 6) is 0. The molecule has 0 heterocycles. The van der Waals surface area contributed by atoms with Crippen molar-refractivity contribution in [2.24, 2.45) is 0 Å². The Hall–Kier alpha value is -0.280. The molecule has 0 aromatic carbocycles. The van der Waals surface area contributed by atoms with E-state index in [-0.39, 0.29) is 0 Å². The summed E-state index contributed by atoms with van der Waals surface area (Å²) < 4.78 is 4.29. The highest BCUT2D eigenvalue weighted by Crippen LogP contribution is 2.08. The van der Waals surface area contributed by atoms with Crippen LogP contribution in [0.2, 0.25) is 0 Å². The van der Waals surface area contributed by atoms with Gasteiger partial charge in [-0.3, -0.25) is 0 Å². The van der Waals surface area contributed by atoms with Crippen molar-refractivity contribution in [2.45, 2.75) is 30.7 Å². The topological polar surface area (TPSA) is 131 Å². The Labute approximate surface area is 80.8 Å². The summed E-state index contributed by atoms with van der Waals surface area (Å²) >= 11 is 0. The summed E-state index contributed by atoms with van der Waals surface area (Å²) in [7, 11) is 1.09. The molecule has 1 unspecified atom stereocenters. The van der Waals surface area contributed by atoms with Gasteiger partial charge in [-0.05, 0) is 0 Å². The number of hydrogen-bond donors (Lipinski definition) is 6. The van der Waals surface area contributed by atoms with E-state index in [1.807, 2.05) is 0 Å². The maximum atomic E-state index is 9.18. The molecule has 0 rings (SSSR count). The van der Waals surface area contributed by atoms with Crippen LogP contribution in [0.1, 0.15) is 0 Å². The van der Waals surface area contributed by atoms with E-state index in [4.69, 9.17) is 25.5 Å². The third-order valence-corrected chi connectivity index (χ3v) is 1.81.